The van der Waals surface area contributed by atoms with Crippen molar-refractivity contribution in [3.8, 4) is 21.6 Å². The van der Waals surface area contributed by atoms with Gasteiger partial charge in [0.15, 0.2) is 9.84 Å². The molecule has 1 heterocycles. The third-order valence-electron chi connectivity index (χ3n) is 3.94. The number of thiophene rings is 1. The van der Waals surface area contributed by atoms with Crippen LogP contribution in [0.1, 0.15) is 20.0 Å². The van der Waals surface area contributed by atoms with Gasteiger partial charge >= 0.3 is 11.9 Å². The summed E-state index contributed by atoms with van der Waals surface area (Å²) in [4.78, 5) is 23.2. The summed E-state index contributed by atoms with van der Waals surface area (Å²) in [5.74, 6) is -2.10. The van der Waals surface area contributed by atoms with Crippen LogP contribution in [0.25, 0.3) is 21.6 Å². The number of sulfone groups is 1. The van der Waals surface area contributed by atoms with Crippen molar-refractivity contribution < 1.29 is 28.2 Å². The number of hydrogen-bond acceptors (Lipinski definition) is 5. The van der Waals surface area contributed by atoms with Gasteiger partial charge in [0.2, 0.25) is 0 Å². The Morgan fingerprint density at radius 1 is 0.852 bits per heavy atom. The average molecular weight is 402 g/mol. The van der Waals surface area contributed by atoms with Gasteiger partial charge in [-0.05, 0) is 53.1 Å². The summed E-state index contributed by atoms with van der Waals surface area (Å²) in [6, 6.07) is 13.8. The van der Waals surface area contributed by atoms with Crippen LogP contribution in [-0.4, -0.2) is 36.8 Å². The lowest BCUT2D eigenvalue weighted by Crippen LogP contribution is -1.98. The number of benzene rings is 2. The molecular weight excluding hydrogens is 388 g/mol. The van der Waals surface area contributed by atoms with Crippen molar-refractivity contribution in [3.05, 3.63) is 65.0 Å². The molecule has 0 bridgehead atoms. The molecule has 0 aliphatic rings. The van der Waals surface area contributed by atoms with Crippen LogP contribution >= 0.6 is 11.3 Å². The second-order valence-electron chi connectivity index (χ2n) is 5.83. The van der Waals surface area contributed by atoms with Crippen LogP contribution in [0, 0.1) is 0 Å². The van der Waals surface area contributed by atoms with Crippen molar-refractivity contribution in [2.24, 2.45) is 0 Å². The molecule has 2 N–H and O–H groups in total. The maximum Gasteiger partial charge on any atom is 0.345 e. The van der Waals surface area contributed by atoms with Crippen molar-refractivity contribution in [1.29, 1.82) is 0 Å². The normalized spacial score (nSPS) is 11.3. The van der Waals surface area contributed by atoms with E-state index in [-0.39, 0.29) is 15.3 Å². The highest BCUT2D eigenvalue weighted by atomic mass is 32.2. The predicted octanol–water partition coefficient (Wildman–Crippen LogP) is 3.88. The molecule has 0 saturated heterocycles. The van der Waals surface area contributed by atoms with Crippen LogP contribution in [0.15, 0.2) is 59.5 Å². The maximum absolute atomic E-state index is 11.9. The zero-order chi connectivity index (χ0) is 19.8. The summed E-state index contributed by atoms with van der Waals surface area (Å²) in [6.07, 6.45) is 1.10. The minimum Gasteiger partial charge on any atom is -0.478 e. The molecule has 27 heavy (non-hydrogen) atoms. The Labute approximate surface area is 159 Å². The van der Waals surface area contributed by atoms with Gasteiger partial charge in [0.25, 0.3) is 0 Å². The van der Waals surface area contributed by atoms with E-state index in [4.69, 9.17) is 10.2 Å². The molecule has 0 aliphatic heterocycles. The standard InChI is InChI=1S/C19H14O6S2/c1-27(24,25)13-6-7-14(16-8-9-17(26-16)19(22)23)15(10-13)11-2-4-12(5-3-11)18(20)21/h2-10H,1H3,(H,20,21)(H,22,23). The van der Waals surface area contributed by atoms with Gasteiger partial charge < -0.3 is 10.2 Å². The third kappa shape index (κ3) is 3.91. The van der Waals surface area contributed by atoms with E-state index in [9.17, 15) is 18.0 Å². The van der Waals surface area contributed by atoms with Crippen LogP contribution in [0.5, 0.6) is 0 Å². The Hall–Kier alpha value is -2.97. The highest BCUT2D eigenvalue weighted by molar-refractivity contribution is 7.90. The van der Waals surface area contributed by atoms with Crippen molar-refractivity contribution in [1.82, 2.24) is 0 Å². The van der Waals surface area contributed by atoms with Crippen molar-refractivity contribution in [3.63, 3.8) is 0 Å². The minimum absolute atomic E-state index is 0.115. The van der Waals surface area contributed by atoms with Gasteiger partial charge in [0, 0.05) is 11.1 Å². The zero-order valence-electron chi connectivity index (χ0n) is 14.0. The number of rotatable bonds is 5. The van der Waals surface area contributed by atoms with Crippen molar-refractivity contribution in [2.45, 2.75) is 4.90 Å². The molecule has 6 nitrogen and oxygen atoms in total. The number of carboxylic acids is 2. The summed E-state index contributed by atoms with van der Waals surface area (Å²) in [7, 11) is -3.45. The molecule has 0 unspecified atom stereocenters. The summed E-state index contributed by atoms with van der Waals surface area (Å²) in [6.45, 7) is 0. The number of aromatic carboxylic acids is 2. The Balaban J connectivity index is 2.21. The summed E-state index contributed by atoms with van der Waals surface area (Å²) in [5.41, 5.74) is 1.99. The fraction of sp³-hybridized carbons (Fsp3) is 0.0526. The SMILES string of the molecule is CS(=O)(=O)c1ccc(-c2ccc(C(=O)O)s2)c(-c2ccc(C(=O)O)cc2)c1. The Kier molecular flexibility index (Phi) is 4.86. The summed E-state index contributed by atoms with van der Waals surface area (Å²) >= 11 is 1.08. The molecule has 0 fully saturated rings. The van der Waals surface area contributed by atoms with E-state index < -0.39 is 21.8 Å². The lowest BCUT2D eigenvalue weighted by Gasteiger charge is -2.11. The quantitative estimate of drug-likeness (QED) is 0.670. The van der Waals surface area contributed by atoms with E-state index in [0.29, 0.717) is 21.6 Å². The molecule has 0 radical (unpaired) electrons. The predicted molar refractivity (Wildman–Crippen MR) is 102 cm³/mol. The molecule has 0 amide bonds. The molecule has 0 saturated carbocycles. The molecule has 3 aromatic rings. The van der Waals surface area contributed by atoms with Crippen LogP contribution in [0.4, 0.5) is 0 Å². The van der Waals surface area contributed by atoms with Crippen LogP contribution < -0.4 is 0 Å². The van der Waals surface area contributed by atoms with E-state index in [1.165, 1.54) is 30.3 Å². The zero-order valence-corrected chi connectivity index (χ0v) is 15.7. The molecule has 3 rings (SSSR count). The molecule has 0 aliphatic carbocycles. The number of carbonyl (C=O) groups is 2. The van der Waals surface area contributed by atoms with Gasteiger partial charge in [0.05, 0.1) is 10.5 Å². The van der Waals surface area contributed by atoms with Gasteiger partial charge in [-0.25, -0.2) is 18.0 Å². The largest absolute Gasteiger partial charge is 0.478 e. The van der Waals surface area contributed by atoms with Gasteiger partial charge in [-0.1, -0.05) is 18.2 Å². The van der Waals surface area contributed by atoms with E-state index in [1.807, 2.05) is 0 Å². The first-order valence-corrected chi connectivity index (χ1v) is 10.4. The van der Waals surface area contributed by atoms with E-state index >= 15 is 0 Å². The molecule has 2 aromatic carbocycles. The number of carboxylic acid groups (broad SMARTS) is 2. The summed E-state index contributed by atoms with van der Waals surface area (Å²) in [5, 5.41) is 18.2. The first kappa shape index (κ1) is 18.8. The van der Waals surface area contributed by atoms with Crippen molar-refractivity contribution >= 4 is 33.1 Å². The highest BCUT2D eigenvalue weighted by Gasteiger charge is 2.16. The second-order valence-corrected chi connectivity index (χ2v) is 8.93. The first-order valence-electron chi connectivity index (χ1n) is 7.68. The second kappa shape index (κ2) is 6.98. The Morgan fingerprint density at radius 2 is 1.52 bits per heavy atom. The van der Waals surface area contributed by atoms with Gasteiger partial charge in [-0.2, -0.15) is 0 Å². The molecule has 138 valence electrons. The van der Waals surface area contributed by atoms with E-state index in [1.54, 1.807) is 24.3 Å². The fourth-order valence-corrected chi connectivity index (χ4v) is 4.13. The number of hydrogen-bond donors (Lipinski definition) is 2. The topological polar surface area (TPSA) is 109 Å². The monoisotopic (exact) mass is 402 g/mol. The molecule has 1 aromatic heterocycles. The van der Waals surface area contributed by atoms with Crippen molar-refractivity contribution in [2.75, 3.05) is 6.26 Å². The van der Waals surface area contributed by atoms with Gasteiger partial charge in [-0.3, -0.25) is 0 Å². The summed E-state index contributed by atoms with van der Waals surface area (Å²) < 4.78 is 23.9. The molecular formula is C19H14O6S2. The average Bonchev–Trinajstić information content (AvgIpc) is 3.11. The Morgan fingerprint density at radius 3 is 2.04 bits per heavy atom. The molecule has 0 spiro atoms. The first-order chi connectivity index (χ1) is 12.7. The minimum atomic E-state index is -3.45. The van der Waals surface area contributed by atoms with Crippen LogP contribution in [-0.2, 0) is 9.84 Å². The van der Waals surface area contributed by atoms with Gasteiger partial charge in [-0.15, -0.1) is 11.3 Å². The van der Waals surface area contributed by atoms with E-state index in [2.05, 4.69) is 0 Å². The highest BCUT2D eigenvalue weighted by Crippen LogP contribution is 2.37. The maximum atomic E-state index is 11.9. The molecule has 8 heteroatoms. The van der Waals surface area contributed by atoms with Crippen LogP contribution in [0.2, 0.25) is 0 Å². The fourth-order valence-electron chi connectivity index (χ4n) is 2.60. The Bertz CT molecular complexity index is 1140. The van der Waals surface area contributed by atoms with Gasteiger partial charge in [0.1, 0.15) is 4.88 Å². The van der Waals surface area contributed by atoms with E-state index in [0.717, 1.165) is 17.6 Å². The van der Waals surface area contributed by atoms with Crippen LogP contribution in [0.3, 0.4) is 0 Å². The lowest BCUT2D eigenvalue weighted by molar-refractivity contribution is 0.0688. The smallest absolute Gasteiger partial charge is 0.345 e. The molecule has 0 atom stereocenters. The third-order valence-corrected chi connectivity index (χ3v) is 6.16. The lowest BCUT2D eigenvalue weighted by atomic mass is 9.98.